The third kappa shape index (κ3) is 4.77. The number of ether oxygens (including phenoxy) is 2. The molecule has 0 saturated carbocycles. The first kappa shape index (κ1) is 21.3. The Kier molecular flexibility index (Phi) is 5.96. The van der Waals surface area contributed by atoms with Crippen molar-refractivity contribution in [1.29, 1.82) is 0 Å². The van der Waals surface area contributed by atoms with Gasteiger partial charge in [-0.3, -0.25) is 4.79 Å². The molecule has 1 N–H and O–H groups in total. The highest BCUT2D eigenvalue weighted by Crippen LogP contribution is 2.36. The molecule has 0 radical (unpaired) electrons. The second-order valence-corrected chi connectivity index (χ2v) is 9.05. The Hall–Kier alpha value is -2.44. The zero-order chi connectivity index (χ0) is 21.3. The van der Waals surface area contributed by atoms with Gasteiger partial charge in [0.1, 0.15) is 11.4 Å². The number of nitrogens with one attached hydrogen (secondary N) is 1. The van der Waals surface area contributed by atoms with Gasteiger partial charge >= 0.3 is 6.09 Å². The van der Waals surface area contributed by atoms with Crippen molar-refractivity contribution in [3.8, 4) is 5.75 Å². The molecular weight excluding hydrogens is 370 g/mol. The van der Waals surface area contributed by atoms with E-state index in [1.807, 2.05) is 58.7 Å². The molecule has 0 aliphatic carbocycles. The first-order chi connectivity index (χ1) is 13.6. The fraction of sp³-hybridized carbons (Fsp3) is 0.636. The number of carbonyl (C=O) groups is 2. The number of benzene rings is 1. The van der Waals surface area contributed by atoms with Gasteiger partial charge in [-0.2, -0.15) is 0 Å². The second kappa shape index (κ2) is 8.13. The fourth-order valence-electron chi connectivity index (χ4n) is 3.89. The molecule has 2 heterocycles. The van der Waals surface area contributed by atoms with Gasteiger partial charge in [0.05, 0.1) is 11.8 Å². The number of anilines is 1. The first-order valence-corrected chi connectivity index (χ1v) is 10.4. The van der Waals surface area contributed by atoms with Gasteiger partial charge in [0.2, 0.25) is 0 Å². The van der Waals surface area contributed by atoms with E-state index in [4.69, 9.17) is 9.47 Å². The maximum atomic E-state index is 13.1. The fourth-order valence-corrected chi connectivity index (χ4v) is 3.89. The number of rotatable bonds is 4. The van der Waals surface area contributed by atoms with Gasteiger partial charge in [-0.05, 0) is 65.2 Å². The normalized spacial score (nSPS) is 17.6. The molecule has 0 spiro atoms. The molecule has 1 fully saturated rings. The van der Waals surface area contributed by atoms with Crippen LogP contribution in [0.15, 0.2) is 12.1 Å². The highest BCUT2D eigenvalue weighted by atomic mass is 16.6. The quantitative estimate of drug-likeness (QED) is 0.826. The standard InChI is InChI=1S/C22H33N3O4/c1-14(2)28-19-12-17-15(11-18(19)23-6)13-25(20(17)26)16-7-9-24(10-8-16)21(27)29-22(3,4)5/h11-12,14,16,23H,7-10,13H2,1-6H3. The number of likely N-dealkylation sites (tertiary alicyclic amines) is 1. The Morgan fingerprint density at radius 2 is 1.86 bits per heavy atom. The molecule has 0 unspecified atom stereocenters. The van der Waals surface area contributed by atoms with Crippen LogP contribution in [-0.4, -0.2) is 59.7 Å². The highest BCUT2D eigenvalue weighted by Gasteiger charge is 2.36. The molecule has 3 rings (SSSR count). The Morgan fingerprint density at radius 3 is 2.41 bits per heavy atom. The van der Waals surface area contributed by atoms with E-state index in [1.54, 1.807) is 4.90 Å². The molecule has 7 heteroatoms. The summed E-state index contributed by atoms with van der Waals surface area (Å²) < 4.78 is 11.3. The number of piperidine rings is 1. The van der Waals surface area contributed by atoms with Gasteiger partial charge in [0.25, 0.3) is 5.91 Å². The van der Waals surface area contributed by atoms with Crippen molar-refractivity contribution in [2.24, 2.45) is 0 Å². The maximum Gasteiger partial charge on any atom is 0.410 e. The summed E-state index contributed by atoms with van der Waals surface area (Å²) in [5.74, 6) is 0.753. The smallest absolute Gasteiger partial charge is 0.410 e. The number of nitrogens with zero attached hydrogens (tertiary/aromatic N) is 2. The van der Waals surface area contributed by atoms with E-state index in [2.05, 4.69) is 5.32 Å². The van der Waals surface area contributed by atoms with E-state index in [0.717, 1.165) is 24.1 Å². The van der Waals surface area contributed by atoms with Crippen molar-refractivity contribution in [3.05, 3.63) is 23.3 Å². The molecule has 1 aromatic carbocycles. The summed E-state index contributed by atoms with van der Waals surface area (Å²) in [6, 6.07) is 4.00. The molecule has 1 saturated heterocycles. The lowest BCUT2D eigenvalue weighted by Gasteiger charge is -2.37. The Bertz CT molecular complexity index is 777. The summed E-state index contributed by atoms with van der Waals surface area (Å²) in [6.45, 7) is 11.4. The lowest BCUT2D eigenvalue weighted by molar-refractivity contribution is 0.0148. The van der Waals surface area contributed by atoms with E-state index in [0.29, 0.717) is 30.9 Å². The summed E-state index contributed by atoms with van der Waals surface area (Å²) in [6.07, 6.45) is 1.27. The van der Waals surface area contributed by atoms with E-state index in [1.165, 1.54) is 0 Å². The summed E-state index contributed by atoms with van der Waals surface area (Å²) >= 11 is 0. The monoisotopic (exact) mass is 403 g/mol. The molecule has 160 valence electrons. The van der Waals surface area contributed by atoms with Crippen LogP contribution in [0.4, 0.5) is 10.5 Å². The molecule has 7 nitrogen and oxygen atoms in total. The second-order valence-electron chi connectivity index (χ2n) is 9.05. The van der Waals surface area contributed by atoms with Crippen LogP contribution < -0.4 is 10.1 Å². The van der Waals surface area contributed by atoms with Crippen LogP contribution in [0.25, 0.3) is 0 Å². The topological polar surface area (TPSA) is 71.1 Å². The molecule has 0 aromatic heterocycles. The van der Waals surface area contributed by atoms with Gasteiger partial charge in [-0.15, -0.1) is 0 Å². The van der Waals surface area contributed by atoms with Crippen LogP contribution in [0.5, 0.6) is 5.75 Å². The molecule has 29 heavy (non-hydrogen) atoms. The summed E-state index contributed by atoms with van der Waals surface area (Å²) in [7, 11) is 1.86. The zero-order valence-electron chi connectivity index (χ0n) is 18.4. The number of hydrogen-bond acceptors (Lipinski definition) is 5. The average molecular weight is 404 g/mol. The molecule has 2 aliphatic rings. The summed E-state index contributed by atoms with van der Waals surface area (Å²) in [4.78, 5) is 29.0. The predicted molar refractivity (Wildman–Crippen MR) is 112 cm³/mol. The van der Waals surface area contributed by atoms with Crippen molar-refractivity contribution in [1.82, 2.24) is 9.80 Å². The lowest BCUT2D eigenvalue weighted by atomic mass is 10.0. The van der Waals surface area contributed by atoms with Crippen molar-refractivity contribution in [3.63, 3.8) is 0 Å². The summed E-state index contributed by atoms with van der Waals surface area (Å²) in [5, 5.41) is 3.16. The maximum absolute atomic E-state index is 13.1. The number of fused-ring (bicyclic) bond motifs is 1. The van der Waals surface area contributed by atoms with Crippen LogP contribution in [0, 0.1) is 0 Å². The van der Waals surface area contributed by atoms with E-state index in [-0.39, 0.29) is 24.1 Å². The molecule has 2 aliphatic heterocycles. The van der Waals surface area contributed by atoms with Crippen LogP contribution >= 0.6 is 0 Å². The van der Waals surface area contributed by atoms with E-state index >= 15 is 0 Å². The zero-order valence-corrected chi connectivity index (χ0v) is 18.4. The third-order valence-corrected chi connectivity index (χ3v) is 5.23. The van der Waals surface area contributed by atoms with E-state index in [9.17, 15) is 9.59 Å². The predicted octanol–water partition coefficient (Wildman–Crippen LogP) is 3.87. The van der Waals surface area contributed by atoms with Crippen molar-refractivity contribution < 1.29 is 19.1 Å². The van der Waals surface area contributed by atoms with Crippen molar-refractivity contribution in [2.45, 2.75) is 71.8 Å². The van der Waals surface area contributed by atoms with Gasteiger partial charge < -0.3 is 24.6 Å². The minimum Gasteiger partial charge on any atom is -0.489 e. The Balaban J connectivity index is 1.67. The average Bonchev–Trinajstić information content (AvgIpc) is 2.95. The van der Waals surface area contributed by atoms with Crippen LogP contribution in [0.2, 0.25) is 0 Å². The van der Waals surface area contributed by atoms with Gasteiger partial charge in [0, 0.05) is 38.3 Å². The van der Waals surface area contributed by atoms with Crippen molar-refractivity contribution in [2.75, 3.05) is 25.5 Å². The van der Waals surface area contributed by atoms with Gasteiger partial charge in [-0.25, -0.2) is 4.79 Å². The van der Waals surface area contributed by atoms with Gasteiger partial charge in [-0.1, -0.05) is 0 Å². The number of amides is 2. The van der Waals surface area contributed by atoms with Crippen LogP contribution in [0.1, 0.15) is 63.4 Å². The highest BCUT2D eigenvalue weighted by molar-refractivity contribution is 5.99. The SMILES string of the molecule is CNc1cc2c(cc1OC(C)C)C(=O)N(C1CCN(C(=O)OC(C)(C)C)CC1)C2. The first-order valence-electron chi connectivity index (χ1n) is 10.4. The number of carbonyl (C=O) groups excluding carboxylic acids is 2. The minimum absolute atomic E-state index is 0.0324. The van der Waals surface area contributed by atoms with Crippen LogP contribution in [0.3, 0.4) is 0 Å². The molecule has 2 amide bonds. The number of hydrogen-bond donors (Lipinski definition) is 1. The Morgan fingerprint density at radius 1 is 1.21 bits per heavy atom. The minimum atomic E-state index is -0.499. The molecule has 0 bridgehead atoms. The molecular formula is C22H33N3O4. The molecule has 1 aromatic rings. The van der Waals surface area contributed by atoms with Crippen LogP contribution in [-0.2, 0) is 11.3 Å². The molecule has 0 atom stereocenters. The lowest BCUT2D eigenvalue weighted by Crippen LogP contribution is -2.48. The largest absolute Gasteiger partial charge is 0.489 e. The van der Waals surface area contributed by atoms with Crippen molar-refractivity contribution >= 4 is 17.7 Å². The van der Waals surface area contributed by atoms with E-state index < -0.39 is 5.60 Å². The third-order valence-electron chi connectivity index (χ3n) is 5.23. The van der Waals surface area contributed by atoms with Gasteiger partial charge in [0.15, 0.2) is 0 Å². The Labute approximate surface area is 173 Å². The summed E-state index contributed by atoms with van der Waals surface area (Å²) in [5.41, 5.74) is 2.13.